The molecule has 0 aromatic carbocycles. The van der Waals surface area contributed by atoms with E-state index >= 15 is 0 Å². The first kappa shape index (κ1) is 15.3. The maximum Gasteiger partial charge on any atom is 0.152 e. The van der Waals surface area contributed by atoms with Crippen molar-refractivity contribution in [2.45, 2.75) is 47.2 Å². The first-order valence-corrected chi connectivity index (χ1v) is 6.54. The third-order valence-corrected chi connectivity index (χ3v) is 2.96. The maximum absolute atomic E-state index is 8.90. The summed E-state index contributed by atoms with van der Waals surface area (Å²) in [5.41, 5.74) is 2.63. The zero-order valence-electron chi connectivity index (χ0n) is 12.6. The fourth-order valence-electron chi connectivity index (χ4n) is 2.11. The summed E-state index contributed by atoms with van der Waals surface area (Å²) in [6.07, 6.45) is 0. The van der Waals surface area contributed by atoms with Gasteiger partial charge < -0.3 is 9.88 Å². The Morgan fingerprint density at radius 2 is 2.11 bits per heavy atom. The molecule has 4 heteroatoms. The Morgan fingerprint density at radius 1 is 1.47 bits per heavy atom. The molecule has 0 radical (unpaired) electrons. The van der Waals surface area contributed by atoms with Crippen LogP contribution in [0.3, 0.4) is 0 Å². The summed E-state index contributed by atoms with van der Waals surface area (Å²) < 4.78 is 2.27. The summed E-state index contributed by atoms with van der Waals surface area (Å²) in [4.78, 5) is 3.78. The summed E-state index contributed by atoms with van der Waals surface area (Å²) >= 11 is 0. The fraction of sp³-hybridized carbons (Fsp3) is 0.600. The predicted molar refractivity (Wildman–Crippen MR) is 80.8 cm³/mol. The highest BCUT2D eigenvalue weighted by Gasteiger charge is 2.17. The molecule has 0 bridgehead atoms. The first-order chi connectivity index (χ1) is 8.78. The van der Waals surface area contributed by atoms with Gasteiger partial charge in [-0.05, 0) is 37.6 Å². The molecule has 0 aliphatic rings. The molecule has 0 spiro atoms. The van der Waals surface area contributed by atoms with Crippen molar-refractivity contribution < 1.29 is 0 Å². The molecule has 1 aromatic rings. The Hall–Kier alpha value is -1.76. The third kappa shape index (κ3) is 4.13. The van der Waals surface area contributed by atoms with Gasteiger partial charge in [0.15, 0.2) is 6.04 Å². The molecule has 1 unspecified atom stereocenters. The highest BCUT2D eigenvalue weighted by atomic mass is 15.1. The molecule has 104 valence electrons. The van der Waals surface area contributed by atoms with Crippen LogP contribution in [0.1, 0.15) is 32.0 Å². The largest absolute Gasteiger partial charge is 0.368 e. The second kappa shape index (κ2) is 5.92. The number of nitrogens with one attached hydrogen (secondary N) is 1. The molecule has 0 fully saturated rings. The molecule has 0 aliphatic carbocycles. The van der Waals surface area contributed by atoms with E-state index in [2.05, 4.69) is 68.3 Å². The van der Waals surface area contributed by atoms with Gasteiger partial charge in [0.25, 0.3) is 0 Å². The van der Waals surface area contributed by atoms with E-state index in [4.69, 9.17) is 5.26 Å². The number of anilines is 1. The van der Waals surface area contributed by atoms with Crippen molar-refractivity contribution in [3.63, 3.8) is 0 Å². The van der Waals surface area contributed by atoms with Crippen LogP contribution < -0.4 is 5.32 Å². The van der Waals surface area contributed by atoms with Crippen LogP contribution in [0.15, 0.2) is 11.1 Å². The number of nitriles is 1. The lowest BCUT2D eigenvalue weighted by Gasteiger charge is -2.23. The quantitative estimate of drug-likeness (QED) is 0.827. The van der Waals surface area contributed by atoms with Crippen LogP contribution in [-0.2, 0) is 6.54 Å². The number of aromatic nitrogens is 1. The van der Waals surface area contributed by atoms with Crippen LogP contribution in [-0.4, -0.2) is 23.9 Å². The van der Waals surface area contributed by atoms with Crippen LogP contribution >= 0.6 is 0 Å². The average molecular weight is 260 g/mol. The molecule has 1 N–H and O–H groups in total. The Kier molecular flexibility index (Phi) is 4.77. The van der Waals surface area contributed by atoms with Crippen molar-refractivity contribution in [3.8, 4) is 6.07 Å². The van der Waals surface area contributed by atoms with Gasteiger partial charge in [-0.25, -0.2) is 0 Å². The Labute approximate surface area is 116 Å². The van der Waals surface area contributed by atoms with Crippen molar-refractivity contribution in [2.75, 3.05) is 11.9 Å². The van der Waals surface area contributed by atoms with Gasteiger partial charge in [-0.1, -0.05) is 20.8 Å². The van der Waals surface area contributed by atoms with Crippen molar-refractivity contribution in [1.29, 1.82) is 5.26 Å². The predicted octanol–water partition coefficient (Wildman–Crippen LogP) is 3.16. The van der Waals surface area contributed by atoms with Crippen LogP contribution in [0, 0.1) is 30.6 Å². The van der Waals surface area contributed by atoms with Gasteiger partial charge in [-0.2, -0.15) is 5.26 Å². The van der Waals surface area contributed by atoms with E-state index in [-0.39, 0.29) is 5.41 Å². The first-order valence-electron chi connectivity index (χ1n) is 6.54. The SMILES string of the molecule is C=NC(C#N)CNc1c(C)cc(C)n1CC(C)(C)C. The average Bonchev–Trinajstić information content (AvgIpc) is 2.54. The van der Waals surface area contributed by atoms with E-state index in [1.807, 2.05) is 0 Å². The number of aryl methyl sites for hydroxylation is 2. The van der Waals surface area contributed by atoms with E-state index in [1.54, 1.807) is 0 Å². The minimum absolute atomic E-state index is 0.206. The lowest BCUT2D eigenvalue weighted by Crippen LogP contribution is -2.22. The molecule has 1 atom stereocenters. The van der Waals surface area contributed by atoms with Gasteiger partial charge in [0.05, 0.1) is 12.6 Å². The normalized spacial score (nSPS) is 12.8. The zero-order chi connectivity index (χ0) is 14.6. The summed E-state index contributed by atoms with van der Waals surface area (Å²) in [5, 5.41) is 12.2. The van der Waals surface area contributed by atoms with E-state index in [1.165, 1.54) is 11.3 Å². The summed E-state index contributed by atoms with van der Waals surface area (Å²) in [7, 11) is 0. The number of nitrogens with zero attached hydrogens (tertiary/aromatic N) is 3. The molecule has 1 rings (SSSR count). The Morgan fingerprint density at radius 3 is 2.58 bits per heavy atom. The van der Waals surface area contributed by atoms with Crippen molar-refractivity contribution in [3.05, 3.63) is 17.3 Å². The zero-order valence-corrected chi connectivity index (χ0v) is 12.6. The summed E-state index contributed by atoms with van der Waals surface area (Å²) in [5.74, 6) is 1.08. The fourth-order valence-corrected chi connectivity index (χ4v) is 2.11. The van der Waals surface area contributed by atoms with Crippen molar-refractivity contribution in [1.82, 2.24) is 4.57 Å². The highest BCUT2D eigenvalue weighted by Crippen LogP contribution is 2.26. The number of hydrogen-bond acceptors (Lipinski definition) is 3. The molecule has 1 heterocycles. The van der Waals surface area contributed by atoms with Crippen molar-refractivity contribution >= 4 is 12.5 Å². The smallest absolute Gasteiger partial charge is 0.152 e. The van der Waals surface area contributed by atoms with Crippen LogP contribution in [0.2, 0.25) is 0 Å². The second-order valence-electron chi connectivity index (χ2n) is 6.17. The van der Waals surface area contributed by atoms with Gasteiger partial charge in [0, 0.05) is 12.2 Å². The topological polar surface area (TPSA) is 53.1 Å². The standard InChI is InChI=1S/C15H24N4/c1-11-7-12(2)19(10-15(3,4)5)14(11)18-9-13(8-16)17-6/h7,13,18H,6,9-10H2,1-5H3. The lowest BCUT2D eigenvalue weighted by molar-refractivity contribution is 0.343. The van der Waals surface area contributed by atoms with Gasteiger partial charge in [-0.3, -0.25) is 4.99 Å². The van der Waals surface area contributed by atoms with Crippen LogP contribution in [0.5, 0.6) is 0 Å². The minimum atomic E-state index is -0.405. The third-order valence-electron chi connectivity index (χ3n) is 2.96. The summed E-state index contributed by atoms with van der Waals surface area (Å²) in [6.45, 7) is 15.7. The summed E-state index contributed by atoms with van der Waals surface area (Å²) in [6, 6.07) is 3.87. The molecule has 19 heavy (non-hydrogen) atoms. The number of aliphatic imine (C=N–C) groups is 1. The molecular formula is C15H24N4. The second-order valence-corrected chi connectivity index (χ2v) is 6.17. The molecule has 0 saturated heterocycles. The minimum Gasteiger partial charge on any atom is -0.368 e. The maximum atomic E-state index is 8.90. The number of rotatable bonds is 5. The molecule has 0 amide bonds. The number of hydrogen-bond donors (Lipinski definition) is 1. The van der Waals surface area contributed by atoms with E-state index in [0.717, 1.165) is 12.4 Å². The monoisotopic (exact) mass is 260 g/mol. The molecule has 0 saturated carbocycles. The van der Waals surface area contributed by atoms with Gasteiger partial charge in [-0.15, -0.1) is 0 Å². The lowest BCUT2D eigenvalue weighted by atomic mass is 9.97. The van der Waals surface area contributed by atoms with E-state index in [9.17, 15) is 0 Å². The van der Waals surface area contributed by atoms with Gasteiger partial charge in [0.1, 0.15) is 5.82 Å². The molecule has 0 aliphatic heterocycles. The molecule has 4 nitrogen and oxygen atoms in total. The Balaban J connectivity index is 2.94. The van der Waals surface area contributed by atoms with Crippen LogP contribution in [0.4, 0.5) is 5.82 Å². The van der Waals surface area contributed by atoms with Gasteiger partial charge >= 0.3 is 0 Å². The van der Waals surface area contributed by atoms with E-state index in [0.29, 0.717) is 6.54 Å². The van der Waals surface area contributed by atoms with Crippen LogP contribution in [0.25, 0.3) is 0 Å². The molecule has 1 aromatic heterocycles. The molecular weight excluding hydrogens is 236 g/mol. The van der Waals surface area contributed by atoms with E-state index < -0.39 is 6.04 Å². The highest BCUT2D eigenvalue weighted by molar-refractivity contribution is 5.49. The van der Waals surface area contributed by atoms with Crippen molar-refractivity contribution in [2.24, 2.45) is 10.4 Å². The Bertz CT molecular complexity index is 485. The van der Waals surface area contributed by atoms with Gasteiger partial charge in [0.2, 0.25) is 0 Å².